The van der Waals surface area contributed by atoms with E-state index in [2.05, 4.69) is 4.98 Å². The van der Waals surface area contributed by atoms with Crippen LogP contribution in [-0.2, 0) is 11.2 Å². The van der Waals surface area contributed by atoms with Gasteiger partial charge in [-0.3, -0.25) is 4.79 Å². The second-order valence-corrected chi connectivity index (χ2v) is 5.93. The first-order chi connectivity index (χ1) is 12.5. The summed E-state index contributed by atoms with van der Waals surface area (Å²) in [6.07, 6.45) is 2.13. The summed E-state index contributed by atoms with van der Waals surface area (Å²) in [6.45, 7) is 0. The smallest absolute Gasteiger partial charge is 0.231 e. The molecular weight excluding hydrogens is 332 g/mol. The number of rotatable bonds is 6. The number of nitrogens with zero attached hydrogens (tertiary/aromatic N) is 1. The van der Waals surface area contributed by atoms with Crippen LogP contribution in [-0.4, -0.2) is 39.3 Å². The Hall–Kier alpha value is -3.15. The minimum atomic E-state index is -0.0379. The molecule has 0 spiro atoms. The highest BCUT2D eigenvalue weighted by atomic mass is 16.5. The standard InChI is InChI=1S/C20H22N2O4/c1-22(14-8-16(25-3)10-17(9-14)26-4)20(23)7-13-12-21-19-6-5-15(24-2)11-18(13)19/h5-6,8-12,21H,7H2,1-4H3. The number of ether oxygens (including phenoxy) is 3. The van der Waals surface area contributed by atoms with Gasteiger partial charge in [0.05, 0.1) is 33.4 Å². The molecule has 26 heavy (non-hydrogen) atoms. The molecule has 0 unspecified atom stereocenters. The van der Waals surface area contributed by atoms with Gasteiger partial charge in [0.2, 0.25) is 5.91 Å². The molecule has 0 radical (unpaired) electrons. The SMILES string of the molecule is COc1cc(OC)cc(N(C)C(=O)Cc2c[nH]c3ccc(OC)cc23)c1. The normalized spacial score (nSPS) is 10.6. The minimum absolute atomic E-state index is 0.0379. The van der Waals surface area contributed by atoms with Crippen LogP contribution < -0.4 is 19.1 Å². The first-order valence-electron chi connectivity index (χ1n) is 8.19. The summed E-state index contributed by atoms with van der Waals surface area (Å²) < 4.78 is 15.8. The maximum Gasteiger partial charge on any atom is 0.231 e. The molecule has 0 aliphatic rings. The highest BCUT2D eigenvalue weighted by Gasteiger charge is 2.16. The number of carbonyl (C=O) groups excluding carboxylic acids is 1. The quantitative estimate of drug-likeness (QED) is 0.737. The summed E-state index contributed by atoms with van der Waals surface area (Å²) in [4.78, 5) is 17.6. The van der Waals surface area contributed by atoms with E-state index in [4.69, 9.17) is 14.2 Å². The number of likely N-dealkylation sites (N-methyl/N-ethyl adjacent to an activating group) is 1. The zero-order valence-corrected chi connectivity index (χ0v) is 15.3. The number of aromatic nitrogens is 1. The molecule has 0 aliphatic carbocycles. The molecule has 1 N–H and O–H groups in total. The molecule has 1 amide bonds. The first-order valence-corrected chi connectivity index (χ1v) is 8.19. The van der Waals surface area contributed by atoms with Gasteiger partial charge in [-0.2, -0.15) is 0 Å². The lowest BCUT2D eigenvalue weighted by atomic mass is 10.1. The number of methoxy groups -OCH3 is 3. The van der Waals surface area contributed by atoms with Gasteiger partial charge in [-0.05, 0) is 23.8 Å². The van der Waals surface area contributed by atoms with Gasteiger partial charge in [0.1, 0.15) is 17.2 Å². The number of anilines is 1. The van der Waals surface area contributed by atoms with Gasteiger partial charge in [0.25, 0.3) is 0 Å². The largest absolute Gasteiger partial charge is 0.497 e. The van der Waals surface area contributed by atoms with Crippen molar-refractivity contribution in [3.05, 3.63) is 48.2 Å². The Labute approximate surface area is 152 Å². The predicted octanol–water partition coefficient (Wildman–Crippen LogP) is 3.40. The maximum atomic E-state index is 12.8. The lowest BCUT2D eigenvalue weighted by molar-refractivity contribution is -0.117. The van der Waals surface area contributed by atoms with Crippen molar-refractivity contribution in [3.63, 3.8) is 0 Å². The third kappa shape index (κ3) is 3.44. The molecule has 136 valence electrons. The Bertz CT molecular complexity index is 910. The fourth-order valence-corrected chi connectivity index (χ4v) is 2.84. The van der Waals surface area contributed by atoms with Crippen molar-refractivity contribution >= 4 is 22.5 Å². The van der Waals surface area contributed by atoms with E-state index in [1.165, 1.54) is 0 Å². The van der Waals surface area contributed by atoms with Crippen LogP contribution in [0.5, 0.6) is 17.2 Å². The zero-order valence-electron chi connectivity index (χ0n) is 15.3. The average Bonchev–Trinajstić information content (AvgIpc) is 3.08. The molecule has 3 rings (SSSR count). The lowest BCUT2D eigenvalue weighted by Gasteiger charge is -2.19. The van der Waals surface area contributed by atoms with Gasteiger partial charge in [0.15, 0.2) is 0 Å². The topological polar surface area (TPSA) is 63.8 Å². The Morgan fingerprint density at radius 1 is 0.962 bits per heavy atom. The highest BCUT2D eigenvalue weighted by molar-refractivity contribution is 5.97. The van der Waals surface area contributed by atoms with Crippen molar-refractivity contribution in [2.45, 2.75) is 6.42 Å². The van der Waals surface area contributed by atoms with Crippen molar-refractivity contribution in [2.24, 2.45) is 0 Å². The van der Waals surface area contributed by atoms with Crippen molar-refractivity contribution in [2.75, 3.05) is 33.3 Å². The second kappa shape index (κ2) is 7.39. The molecule has 0 saturated heterocycles. The Kier molecular flexibility index (Phi) is 5.02. The summed E-state index contributed by atoms with van der Waals surface area (Å²) in [5.41, 5.74) is 2.61. The van der Waals surface area contributed by atoms with E-state index in [1.54, 1.807) is 51.5 Å². The number of hydrogen-bond acceptors (Lipinski definition) is 4. The molecule has 1 heterocycles. The number of amides is 1. The Morgan fingerprint density at radius 2 is 1.62 bits per heavy atom. The zero-order chi connectivity index (χ0) is 18.7. The van der Waals surface area contributed by atoms with E-state index in [9.17, 15) is 4.79 Å². The summed E-state index contributed by atoms with van der Waals surface area (Å²) in [7, 11) is 6.54. The van der Waals surface area contributed by atoms with Crippen LogP contribution in [0.1, 0.15) is 5.56 Å². The summed E-state index contributed by atoms with van der Waals surface area (Å²) in [5, 5.41) is 0.981. The molecule has 0 bridgehead atoms. The third-order valence-electron chi connectivity index (χ3n) is 4.41. The van der Waals surface area contributed by atoms with Crippen molar-refractivity contribution in [3.8, 4) is 17.2 Å². The van der Waals surface area contributed by atoms with Crippen LogP contribution in [0.2, 0.25) is 0 Å². The van der Waals surface area contributed by atoms with Crippen LogP contribution in [0.3, 0.4) is 0 Å². The van der Waals surface area contributed by atoms with E-state index < -0.39 is 0 Å². The monoisotopic (exact) mass is 354 g/mol. The molecule has 6 nitrogen and oxygen atoms in total. The van der Waals surface area contributed by atoms with Gasteiger partial charge in [-0.15, -0.1) is 0 Å². The fourth-order valence-electron chi connectivity index (χ4n) is 2.84. The molecule has 0 saturated carbocycles. The van der Waals surface area contributed by atoms with Gasteiger partial charge >= 0.3 is 0 Å². The third-order valence-corrected chi connectivity index (χ3v) is 4.41. The maximum absolute atomic E-state index is 12.8. The summed E-state index contributed by atoms with van der Waals surface area (Å²) in [5.74, 6) is 1.99. The number of fused-ring (bicyclic) bond motifs is 1. The molecule has 0 fully saturated rings. The highest BCUT2D eigenvalue weighted by Crippen LogP contribution is 2.29. The van der Waals surface area contributed by atoms with Crippen LogP contribution in [0.25, 0.3) is 10.9 Å². The second-order valence-electron chi connectivity index (χ2n) is 5.93. The molecule has 6 heteroatoms. The van der Waals surface area contributed by atoms with Crippen LogP contribution in [0.4, 0.5) is 5.69 Å². The van der Waals surface area contributed by atoms with E-state index in [0.717, 1.165) is 22.2 Å². The number of benzene rings is 2. The van der Waals surface area contributed by atoms with Crippen LogP contribution in [0.15, 0.2) is 42.6 Å². The molecule has 1 aromatic heterocycles. The first kappa shape index (κ1) is 17.7. The van der Waals surface area contributed by atoms with E-state index in [1.807, 2.05) is 24.4 Å². The van der Waals surface area contributed by atoms with Crippen molar-refractivity contribution < 1.29 is 19.0 Å². The number of aromatic amines is 1. The van der Waals surface area contributed by atoms with E-state index in [-0.39, 0.29) is 12.3 Å². The summed E-state index contributed by atoms with van der Waals surface area (Å²) in [6, 6.07) is 11.1. The minimum Gasteiger partial charge on any atom is -0.497 e. The average molecular weight is 354 g/mol. The molecule has 0 aliphatic heterocycles. The Balaban J connectivity index is 1.86. The molecule has 2 aromatic carbocycles. The van der Waals surface area contributed by atoms with E-state index >= 15 is 0 Å². The molecule has 3 aromatic rings. The number of carbonyl (C=O) groups is 1. The van der Waals surface area contributed by atoms with E-state index in [0.29, 0.717) is 17.2 Å². The number of nitrogens with one attached hydrogen (secondary N) is 1. The molecular formula is C20H22N2O4. The van der Waals surface area contributed by atoms with Crippen molar-refractivity contribution in [1.29, 1.82) is 0 Å². The number of H-pyrrole nitrogens is 1. The fraction of sp³-hybridized carbons (Fsp3) is 0.250. The van der Waals surface area contributed by atoms with Gasteiger partial charge < -0.3 is 24.1 Å². The lowest BCUT2D eigenvalue weighted by Crippen LogP contribution is -2.27. The number of hydrogen-bond donors (Lipinski definition) is 1. The van der Waals surface area contributed by atoms with Crippen LogP contribution >= 0.6 is 0 Å². The molecule has 0 atom stereocenters. The summed E-state index contributed by atoms with van der Waals surface area (Å²) >= 11 is 0. The Morgan fingerprint density at radius 3 is 2.23 bits per heavy atom. The van der Waals surface area contributed by atoms with Gasteiger partial charge in [0, 0.05) is 42.3 Å². The van der Waals surface area contributed by atoms with Crippen molar-refractivity contribution in [1.82, 2.24) is 4.98 Å². The predicted molar refractivity (Wildman–Crippen MR) is 102 cm³/mol. The van der Waals surface area contributed by atoms with Crippen LogP contribution in [0, 0.1) is 0 Å². The van der Waals surface area contributed by atoms with Gasteiger partial charge in [-0.25, -0.2) is 0 Å². The van der Waals surface area contributed by atoms with Gasteiger partial charge in [-0.1, -0.05) is 0 Å².